The number of ether oxygens (including phenoxy) is 2. The van der Waals surface area contributed by atoms with E-state index in [-0.39, 0.29) is 23.8 Å². The van der Waals surface area contributed by atoms with Crippen LogP contribution in [-0.4, -0.2) is 43.0 Å². The summed E-state index contributed by atoms with van der Waals surface area (Å²) < 4.78 is 11.0. The van der Waals surface area contributed by atoms with Gasteiger partial charge in [-0.2, -0.15) is 0 Å². The van der Waals surface area contributed by atoms with Gasteiger partial charge in [0, 0.05) is 13.1 Å². The summed E-state index contributed by atoms with van der Waals surface area (Å²) in [6, 6.07) is 14.6. The number of rotatable bonds is 10. The molecule has 2 aromatic carbocycles. The highest BCUT2D eigenvalue weighted by Crippen LogP contribution is 2.24. The predicted octanol–water partition coefficient (Wildman–Crippen LogP) is 4.32. The molecule has 1 N–H and O–H groups in total. The van der Waals surface area contributed by atoms with Crippen LogP contribution in [0.5, 0.6) is 11.5 Å². The molecule has 0 radical (unpaired) electrons. The Morgan fingerprint density at radius 2 is 1.59 bits per heavy atom. The van der Waals surface area contributed by atoms with Crippen LogP contribution in [0.3, 0.4) is 0 Å². The number of hydrogen-bond acceptors (Lipinski definition) is 4. The maximum atomic E-state index is 13.1. The molecule has 0 saturated carbocycles. The van der Waals surface area contributed by atoms with E-state index in [1.54, 1.807) is 18.9 Å². The van der Waals surface area contributed by atoms with Gasteiger partial charge in [-0.15, -0.1) is 0 Å². The van der Waals surface area contributed by atoms with Gasteiger partial charge in [-0.25, -0.2) is 0 Å². The van der Waals surface area contributed by atoms with Crippen LogP contribution in [0.2, 0.25) is 0 Å². The topological polar surface area (TPSA) is 67.9 Å². The van der Waals surface area contributed by atoms with Crippen LogP contribution in [0, 0.1) is 0 Å². The third-order valence-electron chi connectivity index (χ3n) is 5.31. The Bertz CT molecular complexity index is 870. The average Bonchev–Trinajstić information content (AvgIpc) is 2.79. The first-order chi connectivity index (χ1) is 15.2. The molecule has 1 atom stereocenters. The average molecular weight is 441 g/mol. The molecule has 6 nitrogen and oxygen atoms in total. The molecule has 6 heteroatoms. The fourth-order valence-corrected chi connectivity index (χ4v) is 3.19. The summed E-state index contributed by atoms with van der Waals surface area (Å²) in [6.45, 7) is 10.9. The van der Waals surface area contributed by atoms with Gasteiger partial charge in [0.1, 0.15) is 17.5 Å². The molecule has 0 unspecified atom stereocenters. The predicted molar refractivity (Wildman–Crippen MR) is 127 cm³/mol. The number of benzene rings is 2. The number of nitrogens with zero attached hydrogens (tertiary/aromatic N) is 1. The largest absolute Gasteiger partial charge is 0.497 e. The first-order valence-electron chi connectivity index (χ1n) is 11.1. The van der Waals surface area contributed by atoms with Crippen LogP contribution in [0.25, 0.3) is 0 Å². The van der Waals surface area contributed by atoms with Crippen molar-refractivity contribution in [3.63, 3.8) is 0 Å². The summed E-state index contributed by atoms with van der Waals surface area (Å²) in [7, 11) is 1.61. The van der Waals surface area contributed by atoms with Crippen molar-refractivity contribution in [2.24, 2.45) is 0 Å². The molecule has 2 aromatic rings. The van der Waals surface area contributed by atoms with Crippen LogP contribution >= 0.6 is 0 Å². The molecule has 0 aliphatic carbocycles. The number of methoxy groups -OCH3 is 1. The molecular weight excluding hydrogens is 404 g/mol. The van der Waals surface area contributed by atoms with Gasteiger partial charge in [0.2, 0.25) is 5.91 Å². The molecule has 0 fully saturated rings. The molecule has 0 heterocycles. The first-order valence-corrected chi connectivity index (χ1v) is 11.1. The number of carbonyl (C=O) groups excluding carboxylic acids is 2. The Balaban J connectivity index is 2.12. The van der Waals surface area contributed by atoms with Crippen molar-refractivity contribution in [3.05, 3.63) is 59.7 Å². The lowest BCUT2D eigenvalue weighted by atomic mass is 9.87. The fraction of sp³-hybridized carbons (Fsp3) is 0.462. The van der Waals surface area contributed by atoms with Crippen molar-refractivity contribution in [3.8, 4) is 11.5 Å². The normalized spacial score (nSPS) is 12.1. The lowest BCUT2D eigenvalue weighted by Crippen LogP contribution is -2.49. The molecule has 0 aliphatic rings. The van der Waals surface area contributed by atoms with E-state index in [4.69, 9.17) is 9.47 Å². The standard InChI is InChI=1S/C26H36N2O4/c1-7-16-27-25(30)19(2)28(17-20-8-12-22(31-6)13-9-20)24(29)18-32-23-14-10-21(11-15-23)26(3,4)5/h8-15,19H,7,16-18H2,1-6H3,(H,27,30)/t19-/m0/s1. The molecule has 32 heavy (non-hydrogen) atoms. The molecule has 2 rings (SSSR count). The minimum absolute atomic E-state index is 0.0464. The lowest BCUT2D eigenvalue weighted by Gasteiger charge is -2.29. The number of nitrogens with one attached hydrogen (secondary N) is 1. The molecule has 0 spiro atoms. The molecule has 2 amide bonds. The summed E-state index contributed by atoms with van der Waals surface area (Å²) in [4.78, 5) is 27.2. The quantitative estimate of drug-likeness (QED) is 0.598. The van der Waals surface area contributed by atoms with Gasteiger partial charge in [0.05, 0.1) is 7.11 Å². The summed E-state index contributed by atoms with van der Waals surface area (Å²) in [5, 5.41) is 2.87. The van der Waals surface area contributed by atoms with E-state index in [2.05, 4.69) is 26.1 Å². The molecule has 0 saturated heterocycles. The van der Waals surface area contributed by atoms with Gasteiger partial charge in [-0.1, -0.05) is 52.0 Å². The highest BCUT2D eigenvalue weighted by atomic mass is 16.5. The lowest BCUT2D eigenvalue weighted by molar-refractivity contribution is -0.142. The van der Waals surface area contributed by atoms with Crippen molar-refractivity contribution in [2.45, 2.75) is 59.0 Å². The smallest absolute Gasteiger partial charge is 0.261 e. The Hall–Kier alpha value is -3.02. The fourth-order valence-electron chi connectivity index (χ4n) is 3.19. The molecular formula is C26H36N2O4. The third-order valence-corrected chi connectivity index (χ3v) is 5.31. The van der Waals surface area contributed by atoms with Gasteiger partial charge in [-0.3, -0.25) is 9.59 Å². The maximum Gasteiger partial charge on any atom is 0.261 e. The van der Waals surface area contributed by atoms with Gasteiger partial charge >= 0.3 is 0 Å². The van der Waals surface area contributed by atoms with Crippen molar-refractivity contribution >= 4 is 11.8 Å². The van der Waals surface area contributed by atoms with Gasteiger partial charge in [0.25, 0.3) is 5.91 Å². The number of hydrogen-bond donors (Lipinski definition) is 1. The van der Waals surface area contributed by atoms with E-state index in [0.29, 0.717) is 18.8 Å². The van der Waals surface area contributed by atoms with E-state index in [1.165, 1.54) is 5.56 Å². The maximum absolute atomic E-state index is 13.1. The van der Waals surface area contributed by atoms with E-state index < -0.39 is 6.04 Å². The minimum atomic E-state index is -0.622. The van der Waals surface area contributed by atoms with Crippen molar-refractivity contribution in [2.75, 3.05) is 20.3 Å². The first kappa shape index (κ1) is 25.2. The Labute approximate surface area is 191 Å². The zero-order chi connectivity index (χ0) is 23.7. The van der Waals surface area contributed by atoms with E-state index >= 15 is 0 Å². The molecule has 0 aliphatic heterocycles. The number of amides is 2. The minimum Gasteiger partial charge on any atom is -0.497 e. The summed E-state index contributed by atoms with van der Waals surface area (Å²) in [5.74, 6) is 0.935. The van der Waals surface area contributed by atoms with Crippen LogP contribution < -0.4 is 14.8 Å². The van der Waals surface area contributed by atoms with Crippen molar-refractivity contribution in [1.29, 1.82) is 0 Å². The number of carbonyl (C=O) groups is 2. The van der Waals surface area contributed by atoms with Crippen LogP contribution in [0.4, 0.5) is 0 Å². The van der Waals surface area contributed by atoms with Crippen LogP contribution in [-0.2, 0) is 21.5 Å². The highest BCUT2D eigenvalue weighted by Gasteiger charge is 2.26. The molecule has 0 aromatic heterocycles. The Morgan fingerprint density at radius 1 is 1.00 bits per heavy atom. The Morgan fingerprint density at radius 3 is 2.12 bits per heavy atom. The van der Waals surface area contributed by atoms with Crippen LogP contribution in [0.1, 0.15) is 52.2 Å². The molecule has 174 valence electrons. The van der Waals surface area contributed by atoms with Gasteiger partial charge in [0.15, 0.2) is 6.61 Å². The second kappa shape index (κ2) is 11.6. The third kappa shape index (κ3) is 7.29. The van der Waals surface area contributed by atoms with E-state index in [1.807, 2.05) is 55.5 Å². The molecule has 0 bridgehead atoms. The second-order valence-corrected chi connectivity index (χ2v) is 8.90. The second-order valence-electron chi connectivity index (χ2n) is 8.90. The van der Waals surface area contributed by atoms with Crippen LogP contribution in [0.15, 0.2) is 48.5 Å². The van der Waals surface area contributed by atoms with Crippen molar-refractivity contribution in [1.82, 2.24) is 10.2 Å². The monoisotopic (exact) mass is 440 g/mol. The Kier molecular flexibility index (Phi) is 9.12. The van der Waals surface area contributed by atoms with Crippen molar-refractivity contribution < 1.29 is 19.1 Å². The summed E-state index contributed by atoms with van der Waals surface area (Å²) >= 11 is 0. The zero-order valence-electron chi connectivity index (χ0n) is 20.1. The van der Waals surface area contributed by atoms with E-state index in [0.717, 1.165) is 17.7 Å². The van der Waals surface area contributed by atoms with Gasteiger partial charge in [-0.05, 0) is 54.2 Å². The SMILES string of the molecule is CCCNC(=O)[C@H](C)N(Cc1ccc(OC)cc1)C(=O)COc1ccc(C(C)(C)C)cc1. The van der Waals surface area contributed by atoms with Gasteiger partial charge < -0.3 is 19.7 Å². The summed E-state index contributed by atoms with van der Waals surface area (Å²) in [5.41, 5.74) is 2.15. The zero-order valence-corrected chi connectivity index (χ0v) is 20.1. The summed E-state index contributed by atoms with van der Waals surface area (Å²) in [6.07, 6.45) is 0.832. The van der Waals surface area contributed by atoms with E-state index in [9.17, 15) is 9.59 Å². The highest BCUT2D eigenvalue weighted by molar-refractivity contribution is 5.87.